The first-order valence-electron chi connectivity index (χ1n) is 2.48. The number of rotatable bonds is 0. The Morgan fingerprint density at radius 2 is 2.00 bits per heavy atom. The van der Waals surface area contributed by atoms with Gasteiger partial charge in [-0.3, -0.25) is 0 Å². The molecule has 0 saturated heterocycles. The first-order chi connectivity index (χ1) is 4.61. The minimum atomic E-state index is -0.529. The van der Waals surface area contributed by atoms with Crippen molar-refractivity contribution in [2.45, 2.75) is 0 Å². The fourth-order valence-electron chi connectivity index (χ4n) is 0.496. The molecule has 0 radical (unpaired) electrons. The molecule has 0 aliphatic heterocycles. The largest absolute Gasteiger partial charge is 0.383 e. The summed E-state index contributed by atoms with van der Waals surface area (Å²) in [4.78, 5) is 3.55. The maximum absolute atomic E-state index is 12.5. The molecular weight excluding hydrogens is 248 g/mol. The van der Waals surface area contributed by atoms with Crippen molar-refractivity contribution in [2.75, 3.05) is 11.5 Å². The average Bonchev–Trinajstić information content (AvgIpc) is 1.84. The summed E-state index contributed by atoms with van der Waals surface area (Å²) in [5, 5.41) is 0. The molecule has 0 aromatic carbocycles. The van der Waals surface area contributed by atoms with Crippen LogP contribution in [0.4, 0.5) is 16.0 Å². The van der Waals surface area contributed by atoms with Crippen molar-refractivity contribution in [3.8, 4) is 0 Å². The second-order valence-corrected chi connectivity index (χ2v) is 2.88. The van der Waals surface area contributed by atoms with E-state index in [9.17, 15) is 4.39 Å². The van der Waals surface area contributed by atoms with Crippen LogP contribution in [0.1, 0.15) is 0 Å². The molecule has 0 fully saturated rings. The minimum absolute atomic E-state index is 0.155. The van der Waals surface area contributed by atoms with E-state index in [2.05, 4.69) is 4.98 Å². The number of hydrogen-bond acceptors (Lipinski definition) is 3. The van der Waals surface area contributed by atoms with E-state index in [0.717, 1.165) is 0 Å². The second-order valence-electron chi connectivity index (χ2n) is 1.72. The highest BCUT2D eigenvalue weighted by molar-refractivity contribution is 14.1. The van der Waals surface area contributed by atoms with Gasteiger partial charge >= 0.3 is 0 Å². The molecule has 1 aromatic rings. The van der Waals surface area contributed by atoms with E-state index in [1.807, 2.05) is 22.6 Å². The van der Waals surface area contributed by atoms with Gasteiger partial charge in [-0.2, -0.15) is 0 Å². The Labute approximate surface area is 70.8 Å². The van der Waals surface area contributed by atoms with Gasteiger partial charge in [-0.15, -0.1) is 0 Å². The first kappa shape index (κ1) is 7.52. The first-order valence-corrected chi connectivity index (χ1v) is 3.56. The van der Waals surface area contributed by atoms with Gasteiger partial charge in [-0.05, 0) is 28.7 Å². The summed E-state index contributed by atoms with van der Waals surface area (Å²) in [7, 11) is 0. The summed E-state index contributed by atoms with van der Waals surface area (Å²) in [6.07, 6.45) is 0. The standard InChI is InChI=1S/C5H5FIN3/c6-2-1-3(7)5(9)10-4(2)8/h1H,(H4,8,9,10). The third-order valence-corrected chi connectivity index (χ3v) is 1.85. The van der Waals surface area contributed by atoms with Crippen LogP contribution in [0, 0.1) is 9.39 Å². The van der Waals surface area contributed by atoms with Gasteiger partial charge in [-0.25, -0.2) is 9.37 Å². The van der Waals surface area contributed by atoms with Crippen molar-refractivity contribution < 1.29 is 4.39 Å². The summed E-state index contributed by atoms with van der Waals surface area (Å²) >= 11 is 1.88. The monoisotopic (exact) mass is 253 g/mol. The number of hydrogen-bond donors (Lipinski definition) is 2. The van der Waals surface area contributed by atoms with Crippen LogP contribution in [0.25, 0.3) is 0 Å². The summed E-state index contributed by atoms with van der Waals surface area (Å²) in [5.74, 6) is -0.420. The van der Waals surface area contributed by atoms with Gasteiger partial charge in [0.25, 0.3) is 0 Å². The zero-order valence-electron chi connectivity index (χ0n) is 4.94. The van der Waals surface area contributed by atoms with E-state index in [4.69, 9.17) is 11.5 Å². The maximum Gasteiger partial charge on any atom is 0.166 e. The number of nitrogens with two attached hydrogens (primary N) is 2. The van der Waals surface area contributed by atoms with Gasteiger partial charge in [0.05, 0.1) is 3.57 Å². The third-order valence-electron chi connectivity index (χ3n) is 0.984. The molecule has 1 heterocycles. The molecule has 0 bridgehead atoms. The van der Waals surface area contributed by atoms with E-state index in [1.165, 1.54) is 6.07 Å². The molecule has 0 aliphatic rings. The van der Waals surface area contributed by atoms with Crippen LogP contribution in [-0.2, 0) is 0 Å². The molecule has 3 nitrogen and oxygen atoms in total. The minimum Gasteiger partial charge on any atom is -0.383 e. The van der Waals surface area contributed by atoms with Crippen LogP contribution in [-0.4, -0.2) is 4.98 Å². The van der Waals surface area contributed by atoms with E-state index < -0.39 is 5.82 Å². The molecule has 54 valence electrons. The molecule has 0 unspecified atom stereocenters. The van der Waals surface area contributed by atoms with Crippen molar-refractivity contribution in [3.63, 3.8) is 0 Å². The fourth-order valence-corrected chi connectivity index (χ4v) is 0.890. The molecule has 1 rings (SSSR count). The Bertz CT molecular complexity index is 213. The molecule has 0 amide bonds. The Balaban J connectivity index is 3.28. The topological polar surface area (TPSA) is 64.9 Å². The number of nitrogen functional groups attached to an aromatic ring is 2. The SMILES string of the molecule is Nc1nc(N)c(I)cc1F. The summed E-state index contributed by atoms with van der Waals surface area (Å²) < 4.78 is 13.1. The maximum atomic E-state index is 12.5. The van der Waals surface area contributed by atoms with Crippen LogP contribution in [0.15, 0.2) is 6.07 Å². The molecule has 4 N–H and O–H groups in total. The van der Waals surface area contributed by atoms with Gasteiger partial charge < -0.3 is 11.5 Å². The van der Waals surface area contributed by atoms with Crippen molar-refractivity contribution in [1.82, 2.24) is 4.98 Å². The van der Waals surface area contributed by atoms with Gasteiger partial charge in [-0.1, -0.05) is 0 Å². The lowest BCUT2D eigenvalue weighted by molar-refractivity contribution is 0.626. The highest BCUT2D eigenvalue weighted by Crippen LogP contribution is 2.16. The molecule has 0 aliphatic carbocycles. The highest BCUT2D eigenvalue weighted by atomic mass is 127. The van der Waals surface area contributed by atoms with Crippen LogP contribution < -0.4 is 11.5 Å². The Kier molecular flexibility index (Phi) is 1.93. The lowest BCUT2D eigenvalue weighted by Crippen LogP contribution is -2.01. The van der Waals surface area contributed by atoms with Gasteiger partial charge in [0.15, 0.2) is 11.6 Å². The van der Waals surface area contributed by atoms with Crippen molar-refractivity contribution >= 4 is 34.2 Å². The number of nitrogens with zero attached hydrogens (tertiary/aromatic N) is 1. The lowest BCUT2D eigenvalue weighted by atomic mass is 10.4. The molecule has 1 aromatic heterocycles. The lowest BCUT2D eigenvalue weighted by Gasteiger charge is -1.98. The fraction of sp³-hybridized carbons (Fsp3) is 0. The number of anilines is 2. The molecular formula is C5H5FIN3. The van der Waals surface area contributed by atoms with E-state index in [-0.39, 0.29) is 11.6 Å². The normalized spacial score (nSPS) is 9.80. The average molecular weight is 253 g/mol. The molecule has 0 atom stereocenters. The highest BCUT2D eigenvalue weighted by Gasteiger charge is 2.03. The quantitative estimate of drug-likeness (QED) is 0.677. The molecule has 5 heteroatoms. The number of pyridine rings is 1. The molecule has 0 spiro atoms. The summed E-state index contributed by atoms with van der Waals surface area (Å²) in [5.41, 5.74) is 10.4. The van der Waals surface area contributed by atoms with Crippen molar-refractivity contribution in [1.29, 1.82) is 0 Å². The zero-order valence-corrected chi connectivity index (χ0v) is 7.09. The smallest absolute Gasteiger partial charge is 0.166 e. The van der Waals surface area contributed by atoms with Crippen LogP contribution >= 0.6 is 22.6 Å². The van der Waals surface area contributed by atoms with E-state index in [1.54, 1.807) is 0 Å². The molecule has 0 saturated carbocycles. The third kappa shape index (κ3) is 1.28. The zero-order chi connectivity index (χ0) is 7.72. The Morgan fingerprint density at radius 3 is 2.50 bits per heavy atom. The predicted octanol–water partition coefficient (Wildman–Crippen LogP) is 0.990. The van der Waals surface area contributed by atoms with Crippen molar-refractivity contribution in [2.24, 2.45) is 0 Å². The van der Waals surface area contributed by atoms with Crippen molar-refractivity contribution in [3.05, 3.63) is 15.5 Å². The summed E-state index contributed by atoms with van der Waals surface area (Å²) in [6, 6.07) is 1.25. The van der Waals surface area contributed by atoms with Crippen LogP contribution in [0.2, 0.25) is 0 Å². The molecule has 10 heavy (non-hydrogen) atoms. The number of aromatic nitrogens is 1. The second kappa shape index (κ2) is 2.57. The number of halogens is 2. The van der Waals surface area contributed by atoms with Crippen LogP contribution in [0.5, 0.6) is 0 Å². The summed E-state index contributed by atoms with van der Waals surface area (Å²) in [6.45, 7) is 0. The Hall–Kier alpha value is -0.590. The van der Waals surface area contributed by atoms with Gasteiger partial charge in [0, 0.05) is 0 Å². The van der Waals surface area contributed by atoms with E-state index in [0.29, 0.717) is 3.57 Å². The van der Waals surface area contributed by atoms with Crippen LogP contribution in [0.3, 0.4) is 0 Å². The predicted molar refractivity (Wildman–Crippen MR) is 45.7 cm³/mol. The van der Waals surface area contributed by atoms with Gasteiger partial charge in [0.2, 0.25) is 0 Å². The Morgan fingerprint density at radius 1 is 1.40 bits per heavy atom. The van der Waals surface area contributed by atoms with Gasteiger partial charge in [0.1, 0.15) is 5.82 Å². The van der Waals surface area contributed by atoms with E-state index >= 15 is 0 Å².